The molecule has 3 aliphatic rings. The molecular formula is C19H31N3O4. The van der Waals surface area contributed by atoms with Gasteiger partial charge < -0.3 is 19.7 Å². The highest BCUT2D eigenvalue weighted by Gasteiger charge is 2.49. The summed E-state index contributed by atoms with van der Waals surface area (Å²) in [5, 5.41) is 3.15. The Kier molecular flexibility index (Phi) is 6.67. The van der Waals surface area contributed by atoms with Gasteiger partial charge in [-0.3, -0.25) is 14.5 Å². The number of rotatable bonds is 7. The van der Waals surface area contributed by atoms with Crippen LogP contribution >= 0.6 is 0 Å². The lowest BCUT2D eigenvalue weighted by Crippen LogP contribution is -2.54. The molecular weight excluding hydrogens is 334 g/mol. The van der Waals surface area contributed by atoms with E-state index >= 15 is 0 Å². The van der Waals surface area contributed by atoms with Crippen molar-refractivity contribution in [1.29, 1.82) is 0 Å². The summed E-state index contributed by atoms with van der Waals surface area (Å²) < 4.78 is 10.5. The zero-order valence-electron chi connectivity index (χ0n) is 15.8. The molecule has 2 aliphatic heterocycles. The molecule has 0 bridgehead atoms. The predicted octanol–water partition coefficient (Wildman–Crippen LogP) is 0.758. The molecule has 0 spiro atoms. The fourth-order valence-electron chi connectivity index (χ4n) is 4.27. The van der Waals surface area contributed by atoms with Gasteiger partial charge in [0.05, 0.1) is 25.2 Å². The van der Waals surface area contributed by atoms with E-state index in [4.69, 9.17) is 9.47 Å². The van der Waals surface area contributed by atoms with Crippen molar-refractivity contribution >= 4 is 11.8 Å². The van der Waals surface area contributed by atoms with Crippen LogP contribution in [-0.2, 0) is 19.1 Å². The first-order valence-electron chi connectivity index (χ1n) is 9.76. The number of methoxy groups -OCH3 is 1. The van der Waals surface area contributed by atoms with Gasteiger partial charge in [-0.25, -0.2) is 0 Å². The normalized spacial score (nSPS) is 27.0. The van der Waals surface area contributed by atoms with Crippen LogP contribution in [0.5, 0.6) is 0 Å². The number of likely N-dealkylation sites (tertiary alicyclic amines) is 1. The minimum atomic E-state index is -0.551. The number of nitrogens with zero attached hydrogens (tertiary/aromatic N) is 2. The van der Waals surface area contributed by atoms with Gasteiger partial charge in [0.2, 0.25) is 11.8 Å². The van der Waals surface area contributed by atoms with E-state index in [9.17, 15) is 9.59 Å². The van der Waals surface area contributed by atoms with Crippen molar-refractivity contribution in [1.82, 2.24) is 15.1 Å². The van der Waals surface area contributed by atoms with Crippen LogP contribution in [-0.4, -0.2) is 81.3 Å². The van der Waals surface area contributed by atoms with E-state index in [-0.39, 0.29) is 11.8 Å². The van der Waals surface area contributed by atoms with Gasteiger partial charge in [0.25, 0.3) is 0 Å². The van der Waals surface area contributed by atoms with E-state index < -0.39 is 5.41 Å². The van der Waals surface area contributed by atoms with E-state index in [1.165, 1.54) is 0 Å². The number of hydrogen-bond donors (Lipinski definition) is 1. The second-order valence-electron chi connectivity index (χ2n) is 7.31. The SMILES string of the molecule is COCCN1C(=O)CCC2(C(=O)NCCN3CCOCC3)CCCC=C12. The fourth-order valence-corrected chi connectivity index (χ4v) is 4.27. The molecule has 2 amide bonds. The largest absolute Gasteiger partial charge is 0.383 e. The number of carbonyl (C=O) groups excluding carboxylic acids is 2. The highest BCUT2D eigenvalue weighted by molar-refractivity contribution is 5.91. The molecule has 0 aromatic heterocycles. The highest BCUT2D eigenvalue weighted by Crippen LogP contribution is 2.46. The van der Waals surface area contributed by atoms with Crippen LogP contribution < -0.4 is 5.32 Å². The van der Waals surface area contributed by atoms with Gasteiger partial charge >= 0.3 is 0 Å². The Morgan fingerprint density at radius 1 is 1.31 bits per heavy atom. The topological polar surface area (TPSA) is 71.1 Å². The smallest absolute Gasteiger partial charge is 0.232 e. The second-order valence-corrected chi connectivity index (χ2v) is 7.31. The first kappa shape index (κ1) is 19.3. The molecule has 1 atom stereocenters. The Hall–Kier alpha value is -1.44. The monoisotopic (exact) mass is 365 g/mol. The van der Waals surface area contributed by atoms with E-state index in [0.717, 1.165) is 57.8 Å². The van der Waals surface area contributed by atoms with Crippen LogP contribution in [0.3, 0.4) is 0 Å². The van der Waals surface area contributed by atoms with Gasteiger partial charge in [0.15, 0.2) is 0 Å². The van der Waals surface area contributed by atoms with Crippen molar-refractivity contribution in [2.45, 2.75) is 32.1 Å². The molecule has 0 radical (unpaired) electrons. The molecule has 0 aromatic carbocycles. The van der Waals surface area contributed by atoms with Crippen LogP contribution in [0.15, 0.2) is 11.8 Å². The number of hydrogen-bond acceptors (Lipinski definition) is 5. The Balaban J connectivity index is 1.64. The zero-order valence-corrected chi connectivity index (χ0v) is 15.8. The summed E-state index contributed by atoms with van der Waals surface area (Å²) in [5.74, 6) is 0.179. The average molecular weight is 365 g/mol. The van der Waals surface area contributed by atoms with Crippen molar-refractivity contribution in [3.05, 3.63) is 11.8 Å². The predicted molar refractivity (Wildman–Crippen MR) is 97.5 cm³/mol. The number of ether oxygens (including phenoxy) is 2. The molecule has 2 heterocycles. The van der Waals surface area contributed by atoms with Crippen molar-refractivity contribution < 1.29 is 19.1 Å². The molecule has 7 heteroatoms. The molecule has 26 heavy (non-hydrogen) atoms. The van der Waals surface area contributed by atoms with Crippen LogP contribution in [0.1, 0.15) is 32.1 Å². The third-order valence-electron chi connectivity index (χ3n) is 5.76. The van der Waals surface area contributed by atoms with Crippen LogP contribution in [0.2, 0.25) is 0 Å². The summed E-state index contributed by atoms with van der Waals surface area (Å²) in [5.41, 5.74) is 0.353. The number of fused-ring (bicyclic) bond motifs is 1. The molecule has 1 N–H and O–H groups in total. The highest BCUT2D eigenvalue weighted by atomic mass is 16.5. The van der Waals surface area contributed by atoms with Gasteiger partial charge in [-0.2, -0.15) is 0 Å². The van der Waals surface area contributed by atoms with Crippen LogP contribution in [0.4, 0.5) is 0 Å². The molecule has 7 nitrogen and oxygen atoms in total. The molecule has 146 valence electrons. The number of nitrogens with one attached hydrogen (secondary N) is 1. The lowest BCUT2D eigenvalue weighted by atomic mass is 9.69. The first-order valence-corrected chi connectivity index (χ1v) is 9.76. The van der Waals surface area contributed by atoms with E-state index in [2.05, 4.69) is 16.3 Å². The molecule has 1 unspecified atom stereocenters. The maximum Gasteiger partial charge on any atom is 0.232 e. The third kappa shape index (κ3) is 4.10. The van der Waals surface area contributed by atoms with Gasteiger partial charge in [0.1, 0.15) is 0 Å². The number of carbonyl (C=O) groups is 2. The molecule has 1 aliphatic carbocycles. The number of piperidine rings is 1. The minimum absolute atomic E-state index is 0.0756. The maximum atomic E-state index is 13.2. The first-order chi connectivity index (χ1) is 12.7. The third-order valence-corrected chi connectivity index (χ3v) is 5.76. The summed E-state index contributed by atoms with van der Waals surface area (Å²) in [6.07, 6.45) is 5.88. The zero-order chi connectivity index (χ0) is 18.4. The summed E-state index contributed by atoms with van der Waals surface area (Å²) in [4.78, 5) is 29.7. The Labute approximate surface area is 155 Å². The summed E-state index contributed by atoms with van der Waals surface area (Å²) in [6.45, 7) is 5.86. The number of morpholine rings is 1. The summed E-state index contributed by atoms with van der Waals surface area (Å²) >= 11 is 0. The average Bonchev–Trinajstić information content (AvgIpc) is 2.68. The Bertz CT molecular complexity index is 545. The van der Waals surface area contributed by atoms with Crippen molar-refractivity contribution in [3.63, 3.8) is 0 Å². The van der Waals surface area contributed by atoms with Crippen molar-refractivity contribution in [2.24, 2.45) is 5.41 Å². The Morgan fingerprint density at radius 2 is 2.12 bits per heavy atom. The van der Waals surface area contributed by atoms with Crippen LogP contribution in [0, 0.1) is 5.41 Å². The lowest BCUT2D eigenvalue weighted by molar-refractivity contribution is -0.141. The molecule has 2 fully saturated rings. The van der Waals surface area contributed by atoms with Crippen LogP contribution in [0.25, 0.3) is 0 Å². The molecule has 2 saturated heterocycles. The molecule has 0 saturated carbocycles. The van der Waals surface area contributed by atoms with Gasteiger partial charge in [-0.15, -0.1) is 0 Å². The quantitative estimate of drug-likeness (QED) is 0.721. The van der Waals surface area contributed by atoms with E-state index in [0.29, 0.717) is 32.5 Å². The van der Waals surface area contributed by atoms with Gasteiger partial charge in [0, 0.05) is 52.0 Å². The number of allylic oxidation sites excluding steroid dienone is 1. The summed E-state index contributed by atoms with van der Waals surface area (Å²) in [6, 6.07) is 0. The minimum Gasteiger partial charge on any atom is -0.383 e. The van der Waals surface area contributed by atoms with Gasteiger partial charge in [-0.1, -0.05) is 6.08 Å². The second kappa shape index (κ2) is 8.97. The maximum absolute atomic E-state index is 13.2. The molecule has 0 aromatic rings. The fraction of sp³-hybridized carbons (Fsp3) is 0.789. The van der Waals surface area contributed by atoms with E-state index in [1.807, 2.05) is 0 Å². The summed E-state index contributed by atoms with van der Waals surface area (Å²) in [7, 11) is 1.63. The standard InChI is InChI=1S/C19H31N3O4/c1-25-13-12-22-16-4-2-3-6-19(16,7-5-17(22)23)18(24)20-8-9-21-10-14-26-15-11-21/h4H,2-3,5-15H2,1H3,(H,20,24). The van der Waals surface area contributed by atoms with Crippen molar-refractivity contribution in [3.8, 4) is 0 Å². The van der Waals surface area contributed by atoms with Crippen molar-refractivity contribution in [2.75, 3.05) is 59.7 Å². The Morgan fingerprint density at radius 3 is 2.88 bits per heavy atom. The van der Waals surface area contributed by atoms with Gasteiger partial charge in [-0.05, 0) is 25.7 Å². The number of amides is 2. The lowest BCUT2D eigenvalue weighted by Gasteiger charge is -2.46. The molecule has 3 rings (SSSR count). The van der Waals surface area contributed by atoms with E-state index in [1.54, 1.807) is 12.0 Å².